The van der Waals surface area contributed by atoms with Gasteiger partial charge >= 0.3 is 5.97 Å². The van der Waals surface area contributed by atoms with Crippen molar-refractivity contribution in [2.75, 3.05) is 7.11 Å². The highest BCUT2D eigenvalue weighted by atomic mass is 79.9. The summed E-state index contributed by atoms with van der Waals surface area (Å²) in [5.74, 6) is -0.299. The molecule has 0 saturated heterocycles. The molecule has 27 heavy (non-hydrogen) atoms. The molecule has 0 spiro atoms. The fraction of sp³-hybridized carbons (Fsp3) is 0.278. The van der Waals surface area contributed by atoms with Gasteiger partial charge in [-0.25, -0.2) is 4.79 Å². The number of hydrogen-bond acceptors (Lipinski definition) is 6. The number of tetrazole rings is 1. The van der Waals surface area contributed by atoms with E-state index in [1.54, 1.807) is 20.8 Å². The van der Waals surface area contributed by atoms with E-state index >= 15 is 0 Å². The zero-order valence-corrected chi connectivity index (χ0v) is 16.9. The minimum absolute atomic E-state index is 0.245. The van der Waals surface area contributed by atoms with Gasteiger partial charge in [-0.15, -0.1) is 10.2 Å². The van der Waals surface area contributed by atoms with Gasteiger partial charge in [-0.05, 0) is 55.8 Å². The highest BCUT2D eigenvalue weighted by molar-refractivity contribution is 9.10. The lowest BCUT2D eigenvalue weighted by atomic mass is 10.1. The normalized spacial score (nSPS) is 12.0. The van der Waals surface area contributed by atoms with E-state index in [0.717, 1.165) is 10.0 Å². The first-order valence-electron chi connectivity index (χ1n) is 8.20. The molecule has 1 atom stereocenters. The number of rotatable bonds is 5. The maximum Gasteiger partial charge on any atom is 0.339 e. The molecule has 3 rings (SSSR count). The van der Waals surface area contributed by atoms with Crippen LogP contribution in [0.15, 0.2) is 28.7 Å². The van der Waals surface area contributed by atoms with Gasteiger partial charge in [0.1, 0.15) is 6.04 Å². The first-order chi connectivity index (χ1) is 12.8. The molecule has 3 aromatic rings. The summed E-state index contributed by atoms with van der Waals surface area (Å²) >= 11 is 3.38. The molecule has 0 unspecified atom stereocenters. The van der Waals surface area contributed by atoms with Crippen LogP contribution in [0.4, 0.5) is 0 Å². The third kappa shape index (κ3) is 3.55. The third-order valence-corrected chi connectivity index (χ3v) is 4.86. The molecule has 8 nitrogen and oxygen atoms in total. The van der Waals surface area contributed by atoms with Gasteiger partial charge in [0.25, 0.3) is 0 Å². The Morgan fingerprint density at radius 2 is 1.89 bits per heavy atom. The number of halogens is 1. The van der Waals surface area contributed by atoms with E-state index < -0.39 is 12.0 Å². The van der Waals surface area contributed by atoms with Crippen molar-refractivity contribution < 1.29 is 14.3 Å². The molecular weight excluding hydrogens is 414 g/mol. The van der Waals surface area contributed by atoms with E-state index in [9.17, 15) is 9.59 Å². The van der Waals surface area contributed by atoms with E-state index in [4.69, 9.17) is 4.74 Å². The Bertz CT molecular complexity index is 1010. The summed E-state index contributed by atoms with van der Waals surface area (Å²) in [7, 11) is 1.31. The Morgan fingerprint density at radius 1 is 1.22 bits per heavy atom. The van der Waals surface area contributed by atoms with Crippen molar-refractivity contribution in [1.82, 2.24) is 25.2 Å². The van der Waals surface area contributed by atoms with Gasteiger partial charge in [-0.1, -0.05) is 15.9 Å². The number of methoxy groups -OCH3 is 1. The second-order valence-corrected chi connectivity index (χ2v) is 7.01. The Labute approximate surface area is 164 Å². The first kappa shape index (κ1) is 19.0. The molecule has 2 aromatic heterocycles. The molecule has 0 aliphatic rings. The predicted molar refractivity (Wildman–Crippen MR) is 102 cm³/mol. The van der Waals surface area contributed by atoms with Crippen molar-refractivity contribution in [3.63, 3.8) is 0 Å². The highest BCUT2D eigenvalue weighted by Gasteiger charge is 2.27. The summed E-state index contributed by atoms with van der Waals surface area (Å²) in [5.41, 5.74) is 2.63. The van der Waals surface area contributed by atoms with Crippen LogP contribution >= 0.6 is 15.9 Å². The van der Waals surface area contributed by atoms with Gasteiger partial charge in [0.05, 0.1) is 18.4 Å². The number of esters is 1. The van der Waals surface area contributed by atoms with Crippen LogP contribution in [0.3, 0.4) is 0 Å². The van der Waals surface area contributed by atoms with Gasteiger partial charge in [-0.2, -0.15) is 4.80 Å². The van der Waals surface area contributed by atoms with Crippen LogP contribution in [0.25, 0.3) is 11.4 Å². The number of aryl methyl sites for hydroxylation is 1. The highest BCUT2D eigenvalue weighted by Crippen LogP contribution is 2.23. The van der Waals surface area contributed by atoms with Crippen LogP contribution in [-0.4, -0.2) is 44.1 Å². The van der Waals surface area contributed by atoms with Gasteiger partial charge in [0.2, 0.25) is 11.6 Å². The number of ether oxygens (including phenoxy) is 1. The lowest BCUT2D eigenvalue weighted by molar-refractivity contribution is 0.0599. The Hall–Kier alpha value is -2.81. The van der Waals surface area contributed by atoms with Crippen LogP contribution in [0, 0.1) is 13.8 Å². The van der Waals surface area contributed by atoms with Gasteiger partial charge in [0.15, 0.2) is 0 Å². The maximum absolute atomic E-state index is 12.9. The third-order valence-electron chi connectivity index (χ3n) is 4.33. The van der Waals surface area contributed by atoms with Crippen molar-refractivity contribution in [2.24, 2.45) is 0 Å². The molecule has 1 aromatic carbocycles. The lowest BCUT2D eigenvalue weighted by Gasteiger charge is -2.08. The minimum Gasteiger partial charge on any atom is -0.465 e. The summed E-state index contributed by atoms with van der Waals surface area (Å²) in [6.07, 6.45) is 0. The molecule has 0 bridgehead atoms. The van der Waals surface area contributed by atoms with Crippen LogP contribution in [0.2, 0.25) is 0 Å². The topological polar surface area (TPSA) is 103 Å². The number of ketones is 1. The molecule has 0 saturated carbocycles. The summed E-state index contributed by atoms with van der Waals surface area (Å²) in [4.78, 5) is 29.1. The predicted octanol–water partition coefficient (Wildman–Crippen LogP) is 3.28. The Morgan fingerprint density at radius 3 is 2.52 bits per heavy atom. The minimum atomic E-state index is -0.691. The number of aromatic nitrogens is 5. The van der Waals surface area contributed by atoms with E-state index in [1.165, 1.54) is 11.9 Å². The number of Topliss-reactive ketones (excluding diaryl/α,β-unsaturated/α-hetero) is 1. The molecule has 0 amide bonds. The molecule has 1 N–H and O–H groups in total. The van der Waals surface area contributed by atoms with E-state index in [-0.39, 0.29) is 5.78 Å². The number of carbonyl (C=O) groups excluding carboxylic acids is 2. The molecule has 0 fully saturated rings. The van der Waals surface area contributed by atoms with Crippen LogP contribution in [0.1, 0.15) is 45.1 Å². The average Bonchev–Trinajstić information content (AvgIpc) is 3.25. The van der Waals surface area contributed by atoms with Gasteiger partial charge in [-0.3, -0.25) is 4.79 Å². The number of benzene rings is 1. The number of H-pyrrole nitrogens is 1. The zero-order valence-electron chi connectivity index (χ0n) is 15.3. The van der Waals surface area contributed by atoms with Crippen molar-refractivity contribution in [3.05, 3.63) is 51.3 Å². The molecule has 140 valence electrons. The summed E-state index contributed by atoms with van der Waals surface area (Å²) < 4.78 is 5.73. The SMILES string of the molecule is COC(=O)c1c(C)[nH]c(C(=O)[C@H](C)n2nnc(-c3ccc(Br)cc3)n2)c1C. The van der Waals surface area contributed by atoms with Crippen LogP contribution in [-0.2, 0) is 4.74 Å². The number of nitrogens with zero attached hydrogens (tertiary/aromatic N) is 4. The number of nitrogens with one attached hydrogen (secondary N) is 1. The molecule has 2 heterocycles. The van der Waals surface area contributed by atoms with Crippen molar-refractivity contribution in [3.8, 4) is 11.4 Å². The first-order valence-corrected chi connectivity index (χ1v) is 9.00. The van der Waals surface area contributed by atoms with E-state index in [0.29, 0.717) is 28.3 Å². The van der Waals surface area contributed by atoms with E-state index in [2.05, 4.69) is 36.3 Å². The quantitative estimate of drug-likeness (QED) is 0.491. The van der Waals surface area contributed by atoms with Crippen LogP contribution < -0.4 is 0 Å². The molecule has 0 radical (unpaired) electrons. The average molecular weight is 432 g/mol. The largest absolute Gasteiger partial charge is 0.465 e. The second kappa shape index (κ2) is 7.43. The number of hydrogen-bond donors (Lipinski definition) is 1. The zero-order chi connectivity index (χ0) is 19.7. The lowest BCUT2D eigenvalue weighted by Crippen LogP contribution is -2.20. The summed E-state index contributed by atoms with van der Waals surface area (Å²) in [6, 6.07) is 6.79. The standard InChI is InChI=1S/C18H18BrN5O3/c1-9-14(18(26)27-4)10(2)20-15(9)16(25)11(3)24-22-17(21-23-24)12-5-7-13(19)8-6-12/h5-8,11,20H,1-4H3/t11-/m0/s1. The summed E-state index contributed by atoms with van der Waals surface area (Å²) in [6.45, 7) is 5.11. The van der Waals surface area contributed by atoms with Crippen molar-refractivity contribution in [2.45, 2.75) is 26.8 Å². The molecule has 0 aliphatic heterocycles. The summed E-state index contributed by atoms with van der Waals surface area (Å²) in [5, 5.41) is 12.4. The van der Waals surface area contributed by atoms with Gasteiger partial charge < -0.3 is 9.72 Å². The fourth-order valence-corrected chi connectivity index (χ4v) is 3.09. The molecule has 9 heteroatoms. The molecule has 0 aliphatic carbocycles. The maximum atomic E-state index is 12.9. The Kier molecular flexibility index (Phi) is 5.22. The smallest absolute Gasteiger partial charge is 0.339 e. The molecular formula is C18H18BrN5O3. The fourth-order valence-electron chi connectivity index (χ4n) is 2.82. The second-order valence-electron chi connectivity index (χ2n) is 6.10. The number of carbonyl (C=O) groups is 2. The monoisotopic (exact) mass is 431 g/mol. The Balaban J connectivity index is 1.88. The van der Waals surface area contributed by atoms with Crippen molar-refractivity contribution >= 4 is 27.7 Å². The van der Waals surface area contributed by atoms with E-state index in [1.807, 2.05) is 24.3 Å². The van der Waals surface area contributed by atoms with Gasteiger partial charge in [0, 0.05) is 15.7 Å². The van der Waals surface area contributed by atoms with Crippen LogP contribution in [0.5, 0.6) is 0 Å². The number of aromatic amines is 1. The van der Waals surface area contributed by atoms with Crippen molar-refractivity contribution in [1.29, 1.82) is 0 Å².